The molecule has 1 heterocycles. The summed E-state index contributed by atoms with van der Waals surface area (Å²) in [4.78, 5) is 23.7. The van der Waals surface area contributed by atoms with Gasteiger partial charge >= 0.3 is 0 Å². The molecule has 0 spiro atoms. The van der Waals surface area contributed by atoms with Crippen LogP contribution in [0.5, 0.6) is 0 Å². The van der Waals surface area contributed by atoms with Crippen LogP contribution in [0.2, 0.25) is 0 Å². The molecule has 0 aliphatic carbocycles. The highest BCUT2D eigenvalue weighted by atomic mass is 32.1. The topological polar surface area (TPSA) is 58.2 Å². The fraction of sp³-hybridized carbons (Fsp3) is 0.286. The average molecular weight is 294 g/mol. The third kappa shape index (κ3) is 3.33. The van der Waals surface area contributed by atoms with E-state index in [9.17, 15) is 14.0 Å². The van der Waals surface area contributed by atoms with E-state index in [0.29, 0.717) is 15.0 Å². The van der Waals surface area contributed by atoms with Crippen LogP contribution >= 0.6 is 11.3 Å². The standard InChI is InChI=1S/C14H15FN2O2S/c1-8(2)17-13(18)7-16-14(19)12-6-9-10(15)4-3-5-11(9)20-12/h3-6,8H,7H2,1-2H3,(H,16,19)(H,17,18). The van der Waals surface area contributed by atoms with Gasteiger partial charge in [0.05, 0.1) is 11.4 Å². The van der Waals surface area contributed by atoms with Gasteiger partial charge in [-0.15, -0.1) is 11.3 Å². The number of amides is 2. The molecule has 6 heteroatoms. The first-order valence-electron chi connectivity index (χ1n) is 6.23. The predicted molar refractivity (Wildman–Crippen MR) is 77.4 cm³/mol. The van der Waals surface area contributed by atoms with Crippen LogP contribution in [0.25, 0.3) is 10.1 Å². The number of halogens is 1. The summed E-state index contributed by atoms with van der Waals surface area (Å²) in [6, 6.07) is 6.24. The molecule has 2 aromatic rings. The Hall–Kier alpha value is -1.95. The molecule has 106 valence electrons. The zero-order chi connectivity index (χ0) is 14.7. The fourth-order valence-electron chi connectivity index (χ4n) is 1.76. The summed E-state index contributed by atoms with van der Waals surface area (Å²) < 4.78 is 14.2. The molecule has 1 aromatic carbocycles. The van der Waals surface area contributed by atoms with Gasteiger partial charge in [-0.05, 0) is 32.0 Å². The SMILES string of the molecule is CC(C)NC(=O)CNC(=O)c1cc2c(F)cccc2s1. The number of carbonyl (C=O) groups is 2. The van der Waals surface area contributed by atoms with Crippen LogP contribution in [0, 0.1) is 5.82 Å². The molecule has 0 atom stereocenters. The molecule has 4 nitrogen and oxygen atoms in total. The monoisotopic (exact) mass is 294 g/mol. The van der Waals surface area contributed by atoms with Crippen molar-refractivity contribution in [3.05, 3.63) is 35.0 Å². The van der Waals surface area contributed by atoms with Crippen molar-refractivity contribution < 1.29 is 14.0 Å². The van der Waals surface area contributed by atoms with Gasteiger partial charge < -0.3 is 10.6 Å². The van der Waals surface area contributed by atoms with Crippen molar-refractivity contribution in [2.45, 2.75) is 19.9 Å². The Labute approximate surface area is 120 Å². The first-order valence-corrected chi connectivity index (χ1v) is 7.04. The van der Waals surface area contributed by atoms with Crippen molar-refractivity contribution in [3.63, 3.8) is 0 Å². The molecule has 2 rings (SSSR count). The number of carbonyl (C=O) groups excluding carboxylic acids is 2. The quantitative estimate of drug-likeness (QED) is 0.909. The zero-order valence-corrected chi connectivity index (χ0v) is 12.0. The number of benzene rings is 1. The Balaban J connectivity index is 2.04. The van der Waals surface area contributed by atoms with E-state index in [4.69, 9.17) is 0 Å². The van der Waals surface area contributed by atoms with Crippen molar-refractivity contribution in [2.24, 2.45) is 0 Å². The molecule has 0 saturated carbocycles. The van der Waals surface area contributed by atoms with Crippen molar-refractivity contribution in [2.75, 3.05) is 6.54 Å². The minimum atomic E-state index is -0.371. The molecule has 2 N–H and O–H groups in total. The van der Waals surface area contributed by atoms with E-state index in [-0.39, 0.29) is 30.2 Å². The van der Waals surface area contributed by atoms with E-state index >= 15 is 0 Å². The van der Waals surface area contributed by atoms with E-state index in [0.717, 1.165) is 0 Å². The number of rotatable bonds is 4. The van der Waals surface area contributed by atoms with Gasteiger partial charge in [-0.3, -0.25) is 9.59 Å². The lowest BCUT2D eigenvalue weighted by Gasteiger charge is -2.08. The number of fused-ring (bicyclic) bond motifs is 1. The summed E-state index contributed by atoms with van der Waals surface area (Å²) in [5.41, 5.74) is 0. The smallest absolute Gasteiger partial charge is 0.261 e. The molecule has 0 bridgehead atoms. The molecule has 2 amide bonds. The first-order chi connectivity index (χ1) is 9.47. The number of thiophene rings is 1. The molecule has 0 saturated heterocycles. The van der Waals surface area contributed by atoms with E-state index in [2.05, 4.69) is 10.6 Å². The van der Waals surface area contributed by atoms with Gasteiger partial charge in [0.15, 0.2) is 0 Å². The van der Waals surface area contributed by atoms with Crippen LogP contribution in [0.15, 0.2) is 24.3 Å². The lowest BCUT2D eigenvalue weighted by molar-refractivity contribution is -0.120. The summed E-state index contributed by atoms with van der Waals surface area (Å²) in [6.45, 7) is 3.59. The maximum atomic E-state index is 13.5. The van der Waals surface area contributed by atoms with E-state index in [1.807, 2.05) is 13.8 Å². The summed E-state index contributed by atoms with van der Waals surface area (Å²) in [5, 5.41) is 5.62. The number of nitrogens with one attached hydrogen (secondary N) is 2. The molecule has 0 aliphatic heterocycles. The Morgan fingerprint density at radius 2 is 2.10 bits per heavy atom. The zero-order valence-electron chi connectivity index (χ0n) is 11.2. The minimum Gasteiger partial charge on any atom is -0.352 e. The van der Waals surface area contributed by atoms with Gasteiger partial charge in [0.1, 0.15) is 5.82 Å². The molecular weight excluding hydrogens is 279 g/mol. The Kier molecular flexibility index (Phi) is 4.34. The molecule has 20 heavy (non-hydrogen) atoms. The molecule has 0 aliphatic rings. The highest BCUT2D eigenvalue weighted by molar-refractivity contribution is 7.20. The predicted octanol–water partition coefficient (Wildman–Crippen LogP) is 2.29. The average Bonchev–Trinajstić information content (AvgIpc) is 2.80. The van der Waals surface area contributed by atoms with Crippen molar-refractivity contribution in [1.29, 1.82) is 0 Å². The normalized spacial score (nSPS) is 10.8. The van der Waals surface area contributed by atoms with Crippen LogP contribution in [0.3, 0.4) is 0 Å². The van der Waals surface area contributed by atoms with Crippen LogP contribution in [-0.2, 0) is 4.79 Å². The Morgan fingerprint density at radius 1 is 1.35 bits per heavy atom. The minimum absolute atomic E-state index is 0.0258. The van der Waals surface area contributed by atoms with Crippen molar-refractivity contribution in [3.8, 4) is 0 Å². The van der Waals surface area contributed by atoms with Crippen molar-refractivity contribution >= 4 is 33.2 Å². The van der Waals surface area contributed by atoms with Gasteiger partial charge in [-0.25, -0.2) is 4.39 Å². The van der Waals surface area contributed by atoms with Gasteiger partial charge in [-0.1, -0.05) is 6.07 Å². The highest BCUT2D eigenvalue weighted by Gasteiger charge is 2.13. The maximum absolute atomic E-state index is 13.5. The van der Waals surface area contributed by atoms with Crippen LogP contribution in [0.4, 0.5) is 4.39 Å². The third-order valence-corrected chi connectivity index (χ3v) is 3.69. The highest BCUT2D eigenvalue weighted by Crippen LogP contribution is 2.27. The maximum Gasteiger partial charge on any atom is 0.261 e. The second-order valence-corrected chi connectivity index (χ2v) is 5.75. The summed E-state index contributed by atoms with van der Waals surface area (Å²) in [6.07, 6.45) is 0. The molecule has 0 unspecified atom stereocenters. The van der Waals surface area contributed by atoms with Crippen LogP contribution in [-0.4, -0.2) is 24.4 Å². The summed E-state index contributed by atoms with van der Waals surface area (Å²) >= 11 is 1.20. The first kappa shape index (κ1) is 14.5. The lowest BCUT2D eigenvalue weighted by atomic mass is 10.2. The van der Waals surface area contributed by atoms with E-state index in [1.165, 1.54) is 23.5 Å². The molecule has 0 radical (unpaired) electrons. The van der Waals surface area contributed by atoms with Crippen molar-refractivity contribution in [1.82, 2.24) is 10.6 Å². The van der Waals surface area contributed by atoms with Crippen LogP contribution in [0.1, 0.15) is 23.5 Å². The van der Waals surface area contributed by atoms with E-state index in [1.54, 1.807) is 12.1 Å². The van der Waals surface area contributed by atoms with Gasteiger partial charge in [0.25, 0.3) is 5.91 Å². The fourth-order valence-corrected chi connectivity index (χ4v) is 2.75. The summed E-state index contributed by atoms with van der Waals surface area (Å²) in [5.74, 6) is -0.972. The van der Waals surface area contributed by atoms with Gasteiger partial charge in [-0.2, -0.15) is 0 Å². The number of hydrogen-bond acceptors (Lipinski definition) is 3. The second-order valence-electron chi connectivity index (χ2n) is 4.67. The van der Waals surface area contributed by atoms with E-state index < -0.39 is 0 Å². The Bertz CT molecular complexity index is 652. The van der Waals surface area contributed by atoms with Gasteiger partial charge in [0, 0.05) is 16.1 Å². The molecular formula is C14H15FN2O2S. The third-order valence-electron chi connectivity index (χ3n) is 2.59. The summed E-state index contributed by atoms with van der Waals surface area (Å²) in [7, 11) is 0. The Morgan fingerprint density at radius 3 is 2.75 bits per heavy atom. The lowest BCUT2D eigenvalue weighted by Crippen LogP contribution is -2.39. The van der Waals surface area contributed by atoms with Crippen LogP contribution < -0.4 is 10.6 Å². The molecule has 0 fully saturated rings. The molecule has 1 aromatic heterocycles. The number of hydrogen-bond donors (Lipinski definition) is 2. The largest absolute Gasteiger partial charge is 0.352 e. The van der Waals surface area contributed by atoms with Gasteiger partial charge in [0.2, 0.25) is 5.91 Å². The second kappa shape index (κ2) is 6.00.